The fourth-order valence-electron chi connectivity index (χ4n) is 1.90. The maximum Gasteiger partial charge on any atom is 0.170 e. The van der Waals surface area contributed by atoms with Gasteiger partial charge >= 0.3 is 0 Å². The first-order valence-electron chi connectivity index (χ1n) is 7.36. The molecular weight excluding hydrogens is 431 g/mol. The van der Waals surface area contributed by atoms with Crippen LogP contribution in [0.2, 0.25) is 5.02 Å². The molecule has 0 radical (unpaired) electrons. The molecule has 0 saturated heterocycles. The van der Waals surface area contributed by atoms with Gasteiger partial charge < -0.3 is 10.6 Å². The van der Waals surface area contributed by atoms with Crippen molar-refractivity contribution >= 4 is 62.3 Å². The van der Waals surface area contributed by atoms with Crippen LogP contribution in [0.5, 0.6) is 0 Å². The molecule has 0 spiro atoms. The van der Waals surface area contributed by atoms with Crippen molar-refractivity contribution in [1.29, 1.82) is 0 Å². The molecule has 0 atom stereocenters. The third-order valence-corrected chi connectivity index (χ3v) is 5.22. The molecule has 0 fully saturated rings. The molecule has 0 amide bonds. The van der Waals surface area contributed by atoms with E-state index in [9.17, 15) is 4.39 Å². The van der Waals surface area contributed by atoms with Gasteiger partial charge in [0.05, 0.1) is 5.69 Å². The number of thioether (sulfide) groups is 1. The number of hydrogen-bond acceptors (Lipinski definition) is 2. The van der Waals surface area contributed by atoms with Crippen molar-refractivity contribution < 1.29 is 4.39 Å². The molecule has 2 aromatic rings. The van der Waals surface area contributed by atoms with E-state index in [-0.39, 0.29) is 5.82 Å². The normalized spacial score (nSPS) is 10.5. The summed E-state index contributed by atoms with van der Waals surface area (Å²) in [7, 11) is 0. The molecule has 2 nitrogen and oxygen atoms in total. The lowest BCUT2D eigenvalue weighted by atomic mass is 10.2. The van der Waals surface area contributed by atoms with Crippen molar-refractivity contribution in [2.75, 3.05) is 17.6 Å². The third kappa shape index (κ3) is 6.97. The molecule has 0 aromatic heterocycles. The first-order valence-corrected chi connectivity index (χ1v) is 10.1. The summed E-state index contributed by atoms with van der Waals surface area (Å²) in [5.74, 6) is 1.64. The summed E-state index contributed by atoms with van der Waals surface area (Å²) < 4.78 is 14.4. The number of hydrogen-bond donors (Lipinski definition) is 2. The van der Waals surface area contributed by atoms with Crippen LogP contribution in [0, 0.1) is 5.82 Å². The Morgan fingerprint density at radius 1 is 1.21 bits per heavy atom. The Kier molecular flexibility index (Phi) is 8.32. The van der Waals surface area contributed by atoms with E-state index in [1.54, 1.807) is 12.1 Å². The zero-order chi connectivity index (χ0) is 17.4. The lowest BCUT2D eigenvalue weighted by Gasteiger charge is -2.11. The fraction of sp³-hybridized carbons (Fsp3) is 0.235. The van der Waals surface area contributed by atoms with Crippen LogP contribution in [-0.2, 0) is 5.75 Å². The van der Waals surface area contributed by atoms with Crippen molar-refractivity contribution in [1.82, 2.24) is 5.32 Å². The van der Waals surface area contributed by atoms with Gasteiger partial charge in [0, 0.05) is 21.8 Å². The monoisotopic (exact) mass is 446 g/mol. The van der Waals surface area contributed by atoms with Gasteiger partial charge in [-0.2, -0.15) is 11.8 Å². The minimum atomic E-state index is -0.341. The number of halogens is 3. The van der Waals surface area contributed by atoms with Crippen molar-refractivity contribution in [2.45, 2.75) is 12.2 Å². The molecule has 0 aliphatic carbocycles. The second kappa shape index (κ2) is 10.2. The van der Waals surface area contributed by atoms with Gasteiger partial charge in [0.2, 0.25) is 0 Å². The maximum absolute atomic E-state index is 13.7. The highest BCUT2D eigenvalue weighted by atomic mass is 79.9. The second-order valence-corrected chi connectivity index (χ2v) is 7.90. The minimum absolute atomic E-state index is 0.341. The van der Waals surface area contributed by atoms with E-state index in [0.717, 1.165) is 29.5 Å². The molecule has 2 aromatic carbocycles. The van der Waals surface area contributed by atoms with Crippen LogP contribution in [0.15, 0.2) is 46.9 Å². The van der Waals surface area contributed by atoms with Gasteiger partial charge in [0.25, 0.3) is 0 Å². The zero-order valence-corrected chi connectivity index (χ0v) is 16.8. The van der Waals surface area contributed by atoms with E-state index < -0.39 is 0 Å². The van der Waals surface area contributed by atoms with Crippen LogP contribution in [0.4, 0.5) is 10.1 Å². The van der Waals surface area contributed by atoms with Crippen molar-refractivity contribution in [2.24, 2.45) is 0 Å². The average Bonchev–Trinajstić information content (AvgIpc) is 2.55. The fourth-order valence-corrected chi connectivity index (χ4v) is 3.50. The summed E-state index contributed by atoms with van der Waals surface area (Å²) >= 11 is 16.1. The van der Waals surface area contributed by atoms with Crippen molar-refractivity contribution in [3.05, 3.63) is 63.3 Å². The van der Waals surface area contributed by atoms with E-state index in [1.807, 2.05) is 36.0 Å². The number of rotatable bonds is 7. The van der Waals surface area contributed by atoms with E-state index in [1.165, 1.54) is 11.6 Å². The van der Waals surface area contributed by atoms with E-state index in [2.05, 4.69) is 26.6 Å². The molecule has 128 valence electrons. The van der Waals surface area contributed by atoms with Crippen LogP contribution in [0.1, 0.15) is 12.0 Å². The van der Waals surface area contributed by atoms with Gasteiger partial charge in [-0.25, -0.2) is 4.39 Å². The summed E-state index contributed by atoms with van der Waals surface area (Å²) in [6.07, 6.45) is 0.975. The highest BCUT2D eigenvalue weighted by Crippen LogP contribution is 2.19. The Morgan fingerprint density at radius 3 is 2.67 bits per heavy atom. The summed E-state index contributed by atoms with van der Waals surface area (Å²) in [5.41, 5.74) is 1.63. The van der Waals surface area contributed by atoms with E-state index in [0.29, 0.717) is 15.3 Å². The maximum atomic E-state index is 13.7. The molecule has 0 aliphatic heterocycles. The summed E-state index contributed by atoms with van der Waals surface area (Å²) in [4.78, 5) is 0. The second-order valence-electron chi connectivity index (χ2n) is 5.04. The number of nitrogens with one attached hydrogen (secondary N) is 2. The molecule has 0 heterocycles. The Bertz CT molecular complexity index is 683. The molecule has 24 heavy (non-hydrogen) atoms. The first-order chi connectivity index (χ1) is 11.5. The third-order valence-electron chi connectivity index (χ3n) is 3.11. The summed E-state index contributed by atoms with van der Waals surface area (Å²) in [5, 5.41) is 7.14. The Morgan fingerprint density at radius 2 is 1.96 bits per heavy atom. The predicted octanol–water partition coefficient (Wildman–Crippen LogP) is 5.85. The quantitative estimate of drug-likeness (QED) is 0.410. The lowest BCUT2D eigenvalue weighted by Crippen LogP contribution is -2.29. The van der Waals surface area contributed by atoms with Crippen molar-refractivity contribution in [3.8, 4) is 0 Å². The van der Waals surface area contributed by atoms with Gasteiger partial charge in [-0.3, -0.25) is 0 Å². The molecule has 2 N–H and O–H groups in total. The molecule has 0 aliphatic rings. The highest BCUT2D eigenvalue weighted by Gasteiger charge is 2.04. The number of anilines is 1. The number of thiocarbonyl (C=S) groups is 1. The van der Waals surface area contributed by atoms with E-state index >= 15 is 0 Å². The van der Waals surface area contributed by atoms with Gasteiger partial charge in [-0.05, 0) is 60.3 Å². The van der Waals surface area contributed by atoms with Crippen LogP contribution >= 0.6 is 51.5 Å². The van der Waals surface area contributed by atoms with Crippen LogP contribution in [0.3, 0.4) is 0 Å². The predicted molar refractivity (Wildman–Crippen MR) is 111 cm³/mol. The molecule has 0 saturated carbocycles. The van der Waals surface area contributed by atoms with Gasteiger partial charge in [-0.1, -0.05) is 39.7 Å². The largest absolute Gasteiger partial charge is 0.362 e. The standard InChI is InChI=1S/C17H17BrClFN2S2/c18-13-4-7-16(15(20)10-13)22-17(23)21-8-1-9-24-11-12-2-5-14(19)6-3-12/h2-7,10H,1,8-9,11H2,(H2,21,22,23). The zero-order valence-electron chi connectivity index (χ0n) is 12.8. The minimum Gasteiger partial charge on any atom is -0.362 e. The van der Waals surface area contributed by atoms with Gasteiger partial charge in [-0.15, -0.1) is 0 Å². The van der Waals surface area contributed by atoms with E-state index in [4.69, 9.17) is 23.8 Å². The van der Waals surface area contributed by atoms with Crippen LogP contribution in [-0.4, -0.2) is 17.4 Å². The summed E-state index contributed by atoms with van der Waals surface area (Å²) in [6.45, 7) is 0.748. The van der Waals surface area contributed by atoms with Crippen LogP contribution < -0.4 is 10.6 Å². The first kappa shape index (κ1) is 19.5. The number of benzene rings is 2. The Labute approximate surface area is 164 Å². The smallest absolute Gasteiger partial charge is 0.170 e. The average molecular weight is 448 g/mol. The SMILES string of the molecule is Fc1cc(Br)ccc1NC(=S)NCCCSCc1ccc(Cl)cc1. The Hall–Kier alpha value is -0.820. The molecule has 2 rings (SSSR count). The van der Waals surface area contributed by atoms with Crippen molar-refractivity contribution in [3.63, 3.8) is 0 Å². The van der Waals surface area contributed by atoms with Crippen LogP contribution in [0.25, 0.3) is 0 Å². The van der Waals surface area contributed by atoms with Gasteiger partial charge in [0.1, 0.15) is 5.82 Å². The van der Waals surface area contributed by atoms with Gasteiger partial charge in [0.15, 0.2) is 5.11 Å². The lowest BCUT2D eigenvalue weighted by molar-refractivity contribution is 0.631. The molecule has 0 unspecified atom stereocenters. The summed E-state index contributed by atoms with van der Waals surface area (Å²) in [6, 6.07) is 12.7. The Balaban J connectivity index is 1.60. The molecular formula is C17H17BrClFN2S2. The highest BCUT2D eigenvalue weighted by molar-refractivity contribution is 9.10. The topological polar surface area (TPSA) is 24.1 Å². The molecule has 7 heteroatoms. The molecule has 0 bridgehead atoms.